The second-order valence-corrected chi connectivity index (χ2v) is 5.86. The molecule has 2 heterocycles. The molecule has 0 spiro atoms. The molecule has 1 N–H and O–H groups in total. The number of tetrazole rings is 1. The van der Waals surface area contributed by atoms with E-state index in [0.29, 0.717) is 6.04 Å². The summed E-state index contributed by atoms with van der Waals surface area (Å²) >= 11 is 1.78. The molecule has 1 unspecified atom stereocenters. The number of benzene rings is 1. The topological polar surface area (TPSA) is 55.6 Å². The Balaban J connectivity index is 1.88. The van der Waals surface area contributed by atoms with E-state index < -0.39 is 0 Å². The maximum Gasteiger partial charge on any atom is 0.143 e. The third-order valence-electron chi connectivity index (χ3n) is 3.44. The zero-order valence-electron chi connectivity index (χ0n) is 12.0. The summed E-state index contributed by atoms with van der Waals surface area (Å²) in [6, 6.07) is 10.9. The van der Waals surface area contributed by atoms with Crippen LogP contribution in [0, 0.1) is 6.92 Å². The highest BCUT2D eigenvalue weighted by atomic mass is 32.1. The normalized spacial score (nSPS) is 12.3. The molecule has 108 valence electrons. The van der Waals surface area contributed by atoms with Crippen LogP contribution in [0.15, 0.2) is 42.0 Å². The van der Waals surface area contributed by atoms with Crippen LogP contribution in [0.2, 0.25) is 0 Å². The van der Waals surface area contributed by atoms with E-state index >= 15 is 0 Å². The van der Waals surface area contributed by atoms with Gasteiger partial charge in [-0.15, -0.1) is 16.4 Å². The summed E-state index contributed by atoms with van der Waals surface area (Å²) in [6.07, 6.45) is 2.65. The van der Waals surface area contributed by atoms with Crippen molar-refractivity contribution < 1.29 is 0 Å². The van der Waals surface area contributed by atoms with Gasteiger partial charge < -0.3 is 5.32 Å². The molecule has 5 nitrogen and oxygen atoms in total. The number of thiophene rings is 1. The number of rotatable bonds is 5. The summed E-state index contributed by atoms with van der Waals surface area (Å²) < 4.78 is 1.69. The predicted octanol–water partition coefficient (Wildman–Crippen LogP) is 3.60. The van der Waals surface area contributed by atoms with E-state index in [4.69, 9.17) is 0 Å². The van der Waals surface area contributed by atoms with Gasteiger partial charge in [0.25, 0.3) is 0 Å². The molecule has 0 saturated heterocycles. The molecule has 1 aromatic carbocycles. The number of aromatic nitrogens is 4. The van der Waals surface area contributed by atoms with Crippen LogP contribution < -0.4 is 5.32 Å². The van der Waals surface area contributed by atoms with E-state index in [1.807, 2.05) is 0 Å². The molecule has 2 aromatic heterocycles. The minimum absolute atomic E-state index is 0.328. The van der Waals surface area contributed by atoms with E-state index in [2.05, 4.69) is 70.4 Å². The van der Waals surface area contributed by atoms with Gasteiger partial charge >= 0.3 is 0 Å². The maximum absolute atomic E-state index is 3.97. The molecule has 0 bridgehead atoms. The Hall–Kier alpha value is -2.21. The molecule has 0 saturated carbocycles. The summed E-state index contributed by atoms with van der Waals surface area (Å²) in [7, 11) is 0. The second-order valence-electron chi connectivity index (χ2n) is 4.88. The van der Waals surface area contributed by atoms with Crippen molar-refractivity contribution in [1.29, 1.82) is 0 Å². The molecule has 0 aliphatic heterocycles. The van der Waals surface area contributed by atoms with E-state index in [0.717, 1.165) is 23.4 Å². The van der Waals surface area contributed by atoms with Gasteiger partial charge in [-0.05, 0) is 52.9 Å². The predicted molar refractivity (Wildman–Crippen MR) is 84.9 cm³/mol. The van der Waals surface area contributed by atoms with Gasteiger partial charge in [-0.2, -0.15) is 0 Å². The van der Waals surface area contributed by atoms with E-state index in [1.165, 1.54) is 4.88 Å². The van der Waals surface area contributed by atoms with Crippen molar-refractivity contribution in [2.24, 2.45) is 0 Å². The number of nitrogens with zero attached hydrogens (tertiary/aromatic N) is 4. The molecule has 3 aromatic rings. The molecule has 3 rings (SSSR count). The summed E-state index contributed by atoms with van der Waals surface area (Å²) in [5.41, 5.74) is 3.20. The highest BCUT2D eigenvalue weighted by Gasteiger charge is 2.11. The van der Waals surface area contributed by atoms with Gasteiger partial charge in [0, 0.05) is 10.6 Å². The first-order chi connectivity index (χ1) is 10.3. The Labute approximate surface area is 127 Å². The number of hydrogen-bond acceptors (Lipinski definition) is 5. The summed E-state index contributed by atoms with van der Waals surface area (Å²) in [6.45, 7) is 4.24. The second kappa shape index (κ2) is 6.05. The van der Waals surface area contributed by atoms with Gasteiger partial charge in [0.2, 0.25) is 0 Å². The molecular formula is C15H17N5S. The minimum atomic E-state index is 0.328. The van der Waals surface area contributed by atoms with Crippen LogP contribution in [0.25, 0.3) is 5.69 Å². The van der Waals surface area contributed by atoms with Crippen molar-refractivity contribution in [3.8, 4) is 5.69 Å². The molecule has 21 heavy (non-hydrogen) atoms. The Morgan fingerprint density at radius 3 is 2.90 bits per heavy atom. The van der Waals surface area contributed by atoms with Crippen molar-refractivity contribution >= 4 is 17.0 Å². The number of nitrogens with one attached hydrogen (secondary N) is 1. The lowest BCUT2D eigenvalue weighted by Gasteiger charge is -2.18. The standard InChI is InChI=1S/C15H17N5S/c1-3-13(15-5-4-8-21-15)17-12-7-6-11(2)14(9-12)20-10-16-18-19-20/h4-10,13,17H,3H2,1-2H3. The first-order valence-electron chi connectivity index (χ1n) is 6.92. The van der Waals surface area contributed by atoms with Crippen LogP contribution in [0.5, 0.6) is 0 Å². The van der Waals surface area contributed by atoms with E-state index in [1.54, 1.807) is 22.3 Å². The van der Waals surface area contributed by atoms with Crippen molar-refractivity contribution in [2.45, 2.75) is 26.3 Å². The fourth-order valence-corrected chi connectivity index (χ4v) is 3.14. The molecule has 0 radical (unpaired) electrons. The average Bonchev–Trinajstić information content (AvgIpc) is 3.19. The highest BCUT2D eigenvalue weighted by molar-refractivity contribution is 7.10. The van der Waals surface area contributed by atoms with Crippen LogP contribution >= 0.6 is 11.3 Å². The zero-order valence-corrected chi connectivity index (χ0v) is 12.8. The SMILES string of the molecule is CCC(Nc1ccc(C)c(-n2cnnn2)c1)c1cccs1. The summed E-state index contributed by atoms with van der Waals surface area (Å²) in [5, 5.41) is 17.1. The van der Waals surface area contributed by atoms with Crippen LogP contribution in [0.4, 0.5) is 5.69 Å². The van der Waals surface area contributed by atoms with Crippen LogP contribution in [-0.4, -0.2) is 20.2 Å². The lowest BCUT2D eigenvalue weighted by molar-refractivity contribution is 0.761. The Morgan fingerprint density at radius 1 is 1.33 bits per heavy atom. The summed E-state index contributed by atoms with van der Waals surface area (Å²) in [5.74, 6) is 0. The lowest BCUT2D eigenvalue weighted by Crippen LogP contribution is -2.09. The highest BCUT2D eigenvalue weighted by Crippen LogP contribution is 2.27. The Bertz CT molecular complexity index is 691. The molecule has 0 amide bonds. The number of aryl methyl sites for hydroxylation is 1. The van der Waals surface area contributed by atoms with E-state index in [9.17, 15) is 0 Å². The van der Waals surface area contributed by atoms with Gasteiger partial charge in [-0.1, -0.05) is 19.1 Å². The van der Waals surface area contributed by atoms with Gasteiger partial charge in [-0.3, -0.25) is 0 Å². The number of anilines is 1. The van der Waals surface area contributed by atoms with Crippen molar-refractivity contribution in [1.82, 2.24) is 20.2 Å². The molecule has 0 aliphatic carbocycles. The molecule has 6 heteroatoms. The zero-order chi connectivity index (χ0) is 14.7. The number of hydrogen-bond donors (Lipinski definition) is 1. The maximum atomic E-state index is 3.97. The minimum Gasteiger partial charge on any atom is -0.377 e. The van der Waals surface area contributed by atoms with Crippen LogP contribution in [0.3, 0.4) is 0 Å². The first-order valence-corrected chi connectivity index (χ1v) is 7.80. The molecule has 0 fully saturated rings. The average molecular weight is 299 g/mol. The third-order valence-corrected chi connectivity index (χ3v) is 4.43. The van der Waals surface area contributed by atoms with Crippen molar-refractivity contribution in [3.63, 3.8) is 0 Å². The Kier molecular flexibility index (Phi) is 3.96. The quantitative estimate of drug-likeness (QED) is 0.782. The lowest BCUT2D eigenvalue weighted by atomic mass is 10.1. The Morgan fingerprint density at radius 2 is 2.24 bits per heavy atom. The van der Waals surface area contributed by atoms with Gasteiger partial charge in [0.15, 0.2) is 0 Å². The van der Waals surface area contributed by atoms with Gasteiger partial charge in [-0.25, -0.2) is 4.68 Å². The van der Waals surface area contributed by atoms with Gasteiger partial charge in [0.05, 0.1) is 11.7 Å². The van der Waals surface area contributed by atoms with Crippen molar-refractivity contribution in [3.05, 3.63) is 52.5 Å². The van der Waals surface area contributed by atoms with E-state index in [-0.39, 0.29) is 0 Å². The van der Waals surface area contributed by atoms with Crippen LogP contribution in [0.1, 0.15) is 29.8 Å². The fraction of sp³-hybridized carbons (Fsp3) is 0.267. The third kappa shape index (κ3) is 2.95. The molecule has 1 atom stereocenters. The largest absolute Gasteiger partial charge is 0.377 e. The first kappa shape index (κ1) is 13.8. The molecular weight excluding hydrogens is 282 g/mol. The fourth-order valence-electron chi connectivity index (χ4n) is 2.28. The van der Waals surface area contributed by atoms with Gasteiger partial charge in [0.1, 0.15) is 6.33 Å². The smallest absolute Gasteiger partial charge is 0.143 e. The van der Waals surface area contributed by atoms with Crippen LogP contribution in [-0.2, 0) is 0 Å². The monoisotopic (exact) mass is 299 g/mol. The van der Waals surface area contributed by atoms with Crippen molar-refractivity contribution in [2.75, 3.05) is 5.32 Å². The summed E-state index contributed by atoms with van der Waals surface area (Å²) in [4.78, 5) is 1.35. The molecule has 0 aliphatic rings.